The lowest BCUT2D eigenvalue weighted by molar-refractivity contribution is -0.175. The van der Waals surface area contributed by atoms with Crippen molar-refractivity contribution >= 4 is 24.0 Å². The van der Waals surface area contributed by atoms with Crippen LogP contribution in [-0.4, -0.2) is 67.4 Å². The van der Waals surface area contributed by atoms with Gasteiger partial charge < -0.3 is 18.9 Å². The van der Waals surface area contributed by atoms with Gasteiger partial charge in [-0.25, -0.2) is 4.79 Å². The molecule has 0 aromatic carbocycles. The first-order chi connectivity index (χ1) is 10.7. The molecule has 0 N–H and O–H groups in total. The zero-order valence-corrected chi connectivity index (χ0v) is 13.6. The first-order valence-corrected chi connectivity index (χ1v) is 7.07. The number of amides is 1. The van der Waals surface area contributed by atoms with E-state index in [-0.39, 0.29) is 19.6 Å². The van der Waals surface area contributed by atoms with Gasteiger partial charge in [0.1, 0.15) is 12.7 Å². The maximum atomic E-state index is 11.9. The standard InChI is InChI=1S/C14H21NO8/c1-8(16)21-7-11-5-12(22-9(2)17)13(23-10(3)18)6-15(11)14(19)20-4/h11-13H,5-7H2,1-4H3/t11-,12?,13?/m0/s1. The number of nitrogens with zero attached hydrogens (tertiary/aromatic N) is 1. The van der Waals surface area contributed by atoms with E-state index in [0.29, 0.717) is 0 Å². The Hall–Kier alpha value is -2.32. The molecule has 9 nitrogen and oxygen atoms in total. The van der Waals surface area contributed by atoms with E-state index in [4.69, 9.17) is 18.9 Å². The highest BCUT2D eigenvalue weighted by Gasteiger charge is 2.42. The van der Waals surface area contributed by atoms with Crippen LogP contribution in [0.4, 0.5) is 4.79 Å². The maximum absolute atomic E-state index is 11.9. The molecule has 9 heteroatoms. The normalized spacial score (nSPS) is 23.7. The highest BCUT2D eigenvalue weighted by atomic mass is 16.6. The number of hydrogen-bond acceptors (Lipinski definition) is 8. The number of rotatable bonds is 4. The van der Waals surface area contributed by atoms with Gasteiger partial charge in [-0.3, -0.25) is 19.3 Å². The Labute approximate surface area is 133 Å². The van der Waals surface area contributed by atoms with Gasteiger partial charge in [0, 0.05) is 27.2 Å². The molecule has 2 unspecified atom stereocenters. The van der Waals surface area contributed by atoms with E-state index in [1.165, 1.54) is 32.8 Å². The molecule has 3 atom stereocenters. The molecule has 1 aliphatic rings. The topological polar surface area (TPSA) is 108 Å². The van der Waals surface area contributed by atoms with Crippen LogP contribution >= 0.6 is 0 Å². The third-order valence-electron chi connectivity index (χ3n) is 3.26. The third kappa shape index (κ3) is 5.76. The summed E-state index contributed by atoms with van der Waals surface area (Å²) < 4.78 is 19.9. The molecule has 0 aromatic heterocycles. The van der Waals surface area contributed by atoms with Gasteiger partial charge in [0.25, 0.3) is 0 Å². The molecule has 0 aliphatic carbocycles. The van der Waals surface area contributed by atoms with Crippen LogP contribution < -0.4 is 0 Å². The van der Waals surface area contributed by atoms with Crippen molar-refractivity contribution in [1.82, 2.24) is 4.90 Å². The van der Waals surface area contributed by atoms with Gasteiger partial charge in [0.15, 0.2) is 6.10 Å². The maximum Gasteiger partial charge on any atom is 0.409 e. The van der Waals surface area contributed by atoms with Crippen LogP contribution in [0.1, 0.15) is 27.2 Å². The summed E-state index contributed by atoms with van der Waals surface area (Å²) in [6.45, 7) is 3.60. The third-order valence-corrected chi connectivity index (χ3v) is 3.26. The fraction of sp³-hybridized carbons (Fsp3) is 0.714. The minimum Gasteiger partial charge on any atom is -0.464 e. The van der Waals surface area contributed by atoms with E-state index in [0.717, 1.165) is 0 Å². The van der Waals surface area contributed by atoms with Gasteiger partial charge in [0.05, 0.1) is 19.7 Å². The van der Waals surface area contributed by atoms with Crippen molar-refractivity contribution < 1.29 is 38.1 Å². The quantitative estimate of drug-likeness (QED) is 0.533. The number of piperidine rings is 1. The fourth-order valence-corrected chi connectivity index (χ4v) is 2.38. The van der Waals surface area contributed by atoms with Crippen LogP contribution in [0.3, 0.4) is 0 Å². The Bertz CT molecular complexity index is 477. The van der Waals surface area contributed by atoms with Crippen LogP contribution in [0.25, 0.3) is 0 Å². The molecule has 1 rings (SSSR count). The molecule has 1 aliphatic heterocycles. The molecule has 0 spiro atoms. The Balaban J connectivity index is 2.94. The van der Waals surface area contributed by atoms with Crippen molar-refractivity contribution in [2.24, 2.45) is 0 Å². The van der Waals surface area contributed by atoms with Gasteiger partial charge in [-0.15, -0.1) is 0 Å². The number of carbonyl (C=O) groups is 4. The molecular formula is C14H21NO8. The Morgan fingerprint density at radius 2 is 1.52 bits per heavy atom. The molecule has 0 aromatic rings. The predicted molar refractivity (Wildman–Crippen MR) is 75.3 cm³/mol. The van der Waals surface area contributed by atoms with Crippen LogP contribution in [0.15, 0.2) is 0 Å². The van der Waals surface area contributed by atoms with Crippen LogP contribution in [0, 0.1) is 0 Å². The summed E-state index contributed by atoms with van der Waals surface area (Å²) in [6.07, 6.45) is -2.05. The van der Waals surface area contributed by atoms with Crippen LogP contribution in [0.5, 0.6) is 0 Å². The largest absolute Gasteiger partial charge is 0.464 e. The molecule has 1 fully saturated rings. The second-order valence-corrected chi connectivity index (χ2v) is 5.11. The number of carbonyl (C=O) groups excluding carboxylic acids is 4. The number of esters is 3. The SMILES string of the molecule is COC(=O)N1CC(OC(C)=O)C(OC(C)=O)C[C@H]1COC(C)=O. The summed E-state index contributed by atoms with van der Waals surface area (Å²) in [4.78, 5) is 46.6. The van der Waals surface area contributed by atoms with Crippen molar-refractivity contribution in [3.05, 3.63) is 0 Å². The van der Waals surface area contributed by atoms with Crippen molar-refractivity contribution in [1.29, 1.82) is 0 Å². The first kappa shape index (κ1) is 18.7. The molecule has 1 heterocycles. The van der Waals surface area contributed by atoms with Gasteiger partial charge in [-0.05, 0) is 0 Å². The smallest absolute Gasteiger partial charge is 0.409 e. The summed E-state index contributed by atoms with van der Waals surface area (Å²) in [7, 11) is 1.21. The molecule has 1 amide bonds. The summed E-state index contributed by atoms with van der Waals surface area (Å²) in [6, 6.07) is -0.553. The second-order valence-electron chi connectivity index (χ2n) is 5.11. The lowest BCUT2D eigenvalue weighted by Gasteiger charge is -2.41. The van der Waals surface area contributed by atoms with Gasteiger partial charge in [-0.2, -0.15) is 0 Å². The minimum atomic E-state index is -0.816. The van der Waals surface area contributed by atoms with E-state index in [9.17, 15) is 19.2 Å². The minimum absolute atomic E-state index is 0.0316. The van der Waals surface area contributed by atoms with Crippen molar-refractivity contribution in [2.45, 2.75) is 45.4 Å². The number of methoxy groups -OCH3 is 1. The lowest BCUT2D eigenvalue weighted by atomic mass is 9.97. The highest BCUT2D eigenvalue weighted by molar-refractivity contribution is 5.70. The van der Waals surface area contributed by atoms with Crippen molar-refractivity contribution in [3.63, 3.8) is 0 Å². The van der Waals surface area contributed by atoms with Crippen molar-refractivity contribution in [2.75, 3.05) is 20.3 Å². The van der Waals surface area contributed by atoms with Gasteiger partial charge in [-0.1, -0.05) is 0 Å². The average Bonchev–Trinajstić information content (AvgIpc) is 2.45. The molecular weight excluding hydrogens is 310 g/mol. The number of ether oxygens (including phenoxy) is 4. The molecule has 1 saturated heterocycles. The fourth-order valence-electron chi connectivity index (χ4n) is 2.38. The zero-order chi connectivity index (χ0) is 17.6. The van der Waals surface area contributed by atoms with Gasteiger partial charge in [0.2, 0.25) is 0 Å². The second kappa shape index (κ2) is 8.35. The zero-order valence-electron chi connectivity index (χ0n) is 13.6. The van der Waals surface area contributed by atoms with E-state index >= 15 is 0 Å². The summed E-state index contributed by atoms with van der Waals surface area (Å²) in [5, 5.41) is 0. The van der Waals surface area contributed by atoms with E-state index in [2.05, 4.69) is 0 Å². The Morgan fingerprint density at radius 3 is 2.00 bits per heavy atom. The molecule has 23 heavy (non-hydrogen) atoms. The molecule has 0 radical (unpaired) electrons. The summed E-state index contributed by atoms with van der Waals surface area (Å²) >= 11 is 0. The first-order valence-electron chi connectivity index (χ1n) is 7.07. The highest BCUT2D eigenvalue weighted by Crippen LogP contribution is 2.24. The van der Waals surface area contributed by atoms with Gasteiger partial charge >= 0.3 is 24.0 Å². The van der Waals surface area contributed by atoms with E-state index < -0.39 is 42.3 Å². The Morgan fingerprint density at radius 1 is 0.957 bits per heavy atom. The predicted octanol–water partition coefficient (Wildman–Crippen LogP) is 0.254. The monoisotopic (exact) mass is 331 g/mol. The lowest BCUT2D eigenvalue weighted by Crippen LogP contribution is -2.58. The number of hydrogen-bond donors (Lipinski definition) is 0. The average molecular weight is 331 g/mol. The summed E-state index contributed by atoms with van der Waals surface area (Å²) in [5.41, 5.74) is 0. The molecule has 0 bridgehead atoms. The van der Waals surface area contributed by atoms with Crippen molar-refractivity contribution in [3.8, 4) is 0 Å². The van der Waals surface area contributed by atoms with Crippen LogP contribution in [-0.2, 0) is 33.3 Å². The van der Waals surface area contributed by atoms with Crippen LogP contribution in [0.2, 0.25) is 0 Å². The summed E-state index contributed by atoms with van der Waals surface area (Å²) in [5.74, 6) is -1.60. The number of likely N-dealkylation sites (tertiary alicyclic amines) is 1. The van der Waals surface area contributed by atoms with E-state index in [1.807, 2.05) is 0 Å². The van der Waals surface area contributed by atoms with E-state index in [1.54, 1.807) is 0 Å². The molecule has 0 saturated carbocycles. The Kier molecular flexibility index (Phi) is 6.80. The molecule has 130 valence electrons.